The quantitative estimate of drug-likeness (QED) is 0.0177. The van der Waals surface area contributed by atoms with Gasteiger partial charge in [0.25, 0.3) is 0 Å². The number of nitrogens with zero attached hydrogens (tertiary/aromatic N) is 6. The Hall–Kier alpha value is -8.22. The molecule has 12 aromatic rings. The molecule has 0 aliphatic carbocycles. The van der Waals surface area contributed by atoms with E-state index in [1.54, 1.807) is 19.0 Å². The predicted molar refractivity (Wildman–Crippen MR) is 493 cm³/mol. The molecule has 0 amide bonds. The van der Waals surface area contributed by atoms with E-state index >= 15 is 0 Å². The van der Waals surface area contributed by atoms with Crippen molar-refractivity contribution in [1.82, 2.24) is 87.6 Å². The number of benzene rings is 6. The fourth-order valence-corrected chi connectivity index (χ4v) is 11.7. The number of sulfonamides is 6. The number of hydrogen-bond acceptors (Lipinski definition) is 18. The molecular weight excluding hydrogens is 1650 g/mol. The Labute approximate surface area is 816 Å². The van der Waals surface area contributed by atoms with E-state index in [1.165, 1.54) is 30.8 Å². The van der Waals surface area contributed by atoms with E-state index in [0.29, 0.717) is 33.4 Å². The van der Waals surface area contributed by atoms with Crippen LogP contribution in [0.5, 0.6) is 0 Å². The summed E-state index contributed by atoms with van der Waals surface area (Å²) in [6.07, 6.45) is -6.10. The number of hydrogen-bond donors (Lipinski definition) is 12. The average Bonchev–Trinajstić information content (AvgIpc) is 1.55. The van der Waals surface area contributed by atoms with Crippen molar-refractivity contribution in [2.45, 2.75) is 72.8 Å². The van der Waals surface area contributed by atoms with Crippen LogP contribution in [0.1, 0.15) is 161 Å². The summed E-state index contributed by atoms with van der Waals surface area (Å²) in [5.74, 6) is 0. The Bertz CT molecular complexity index is 9840. The van der Waals surface area contributed by atoms with Gasteiger partial charge in [-0.1, -0.05) is 36.3 Å². The minimum absolute atomic E-state index is 0.0479. The maximum Gasteiger partial charge on any atom is 0.215 e. The first-order valence-corrected chi connectivity index (χ1v) is 41.9. The summed E-state index contributed by atoms with van der Waals surface area (Å²) in [5.41, 5.74) is -31.2. The molecule has 12 N–H and O–H groups in total. The monoisotopic (exact) mass is 1850 g/mol. The Balaban J connectivity index is 0.000000311. The van der Waals surface area contributed by atoms with E-state index < -0.39 is 413 Å². The van der Waals surface area contributed by atoms with E-state index in [9.17, 15) is 50.5 Å². The molecule has 0 fully saturated rings. The van der Waals surface area contributed by atoms with Crippen molar-refractivity contribution in [2.24, 2.45) is 0 Å². The number of aromatic amines is 6. The van der Waals surface area contributed by atoms with Gasteiger partial charge in [0.15, 0.2) is 4.24 Å². The molecule has 0 unspecified atom stereocenters. The van der Waals surface area contributed by atoms with Crippen LogP contribution in [0.4, 0.5) is 0 Å². The molecule has 0 spiro atoms. The fraction of sp³-hybridized carbons (Fsp3) is 0.429. The molecule has 6 aromatic carbocycles. The normalized spacial score (nSPS) is 23.6. The molecule has 660 valence electrons. The number of fused-ring (bicyclic) bond motifs is 6. The standard InChI is InChI=1S/6C14H21N3O2S/c6*1-15-20(18,19)10-11-4-5-14-13(8-11)12(9-16-14)6-7-17(2)3/h6*4-5,8-9,15-16H,6-7,10H2,1-3H3/i1D3,2D3,3D3,4D,5D,7D2,8D,9D,10D2;1D3,2D3,4D,5D,7D2,8D,9D,10D2;2D3,3D3,4D,5D,8D,9D,10D2;1D3,4D,5D,7D2,8D,9D,10D2;2D3,4D,5D,8D,9D,10D2;4D,5D,8D,9D,10D2/hD6. The molecule has 0 aliphatic rings. The first kappa shape index (κ1) is 36.9. The van der Waals surface area contributed by atoms with Crippen LogP contribution in [0, 0.1) is 0 Å². The number of H-pyrrole nitrogens is 6. The maximum atomic E-state index is 12.5. The van der Waals surface area contributed by atoms with Crippen molar-refractivity contribution in [2.75, 3.05) is 165 Å². The van der Waals surface area contributed by atoms with Crippen LogP contribution in [0.15, 0.2) is 146 Å². The average molecular weight is 1850 g/mol. The maximum absolute atomic E-state index is 12.5. The van der Waals surface area contributed by atoms with Crippen molar-refractivity contribution >= 4 is 126 Å². The molecule has 6 aromatic heterocycles. The molecule has 0 radical (unpaired) electrons. The van der Waals surface area contributed by atoms with Crippen molar-refractivity contribution < 1.29 is 154 Å². The minimum atomic E-state index is -5.48. The Kier molecular flexibility index (Phi) is 13.9. The van der Waals surface area contributed by atoms with E-state index in [1.807, 2.05) is 0 Å². The summed E-state index contributed by atoms with van der Waals surface area (Å²) in [6.45, 7) is -36.8. The van der Waals surface area contributed by atoms with Gasteiger partial charge in [-0.2, -0.15) is 0 Å². The van der Waals surface area contributed by atoms with E-state index in [2.05, 4.69) is 15.0 Å². The molecule has 0 aliphatic heterocycles. The zero-order valence-corrected chi connectivity index (χ0v) is 69.0. The topological polar surface area (TPSA) is 391 Å². The van der Waals surface area contributed by atoms with Crippen LogP contribution < -0.4 is 28.3 Å². The van der Waals surface area contributed by atoms with Crippen LogP contribution in [0.25, 0.3) is 65.4 Å². The highest BCUT2D eigenvalue weighted by molar-refractivity contribution is 7.90. The van der Waals surface area contributed by atoms with Gasteiger partial charge < -0.3 is 59.3 Å². The Morgan fingerprint density at radius 2 is 0.550 bits per heavy atom. The third-order valence-electron chi connectivity index (χ3n) is 14.6. The van der Waals surface area contributed by atoms with Gasteiger partial charge >= 0.3 is 0 Å². The second-order valence-corrected chi connectivity index (χ2v) is 32.8. The molecule has 6 heterocycles. The van der Waals surface area contributed by atoms with Crippen molar-refractivity contribution in [3.8, 4) is 0 Å². The zero-order chi connectivity index (χ0) is 153. The minimum Gasteiger partial charge on any atom is -0.361 e. The lowest BCUT2D eigenvalue weighted by Gasteiger charge is -2.08. The van der Waals surface area contributed by atoms with Crippen LogP contribution in [-0.2, 0) is 133 Å². The second kappa shape index (κ2) is 45.2. The summed E-state index contributed by atoms with van der Waals surface area (Å²) in [7, 11) is -20.2. The second-order valence-electron chi connectivity index (χ2n) is 24.0. The summed E-state index contributed by atoms with van der Waals surface area (Å²) in [4.78, 5) is 12.7. The molecule has 36 heteroatoms. The van der Waals surface area contributed by atoms with Gasteiger partial charge in [-0.05, 0) is 304 Å². The number of aryl methyl sites for hydroxylation is 3. The SMILES string of the molecule is [2H]c1[nH]c2c([2H])c([2H])c(C([2H])([2H])S(=O)(=O)NC([2H])([2H])[2H])c([2H])c2c1CC([2H])([2H])N(C([2H])([2H])[2H])C([2H])([2H])[2H].[2H]c1[nH]c2c([2H])c([2H])c(C([2H])([2H])S(=O)(=O)NC([2H])([2H])[2H])c([2H])c2c1CC([2H])([2H])N(C)C.[2H]c1[nH]c2c([2H])c([2H])c(C([2H])([2H])S(=O)(=O)NC([2H])([2H])[2H])c([2H])c2c1CC([2H])([2H])N(C)C([2H])([2H])[2H].[2H]c1c(C([2H])([2H])S(=O)(=O)N([2H])C)c([2H])c2c(CCN(C([2H])([2H])[2H])C([2H])([2H])[2H])c([2H])n([2H])c2c1[2H].[2H]c1c(C([2H])([2H])S(=O)(=O)N([2H])C)c([2H])c2c(CCN(C)C([2H])([2H])[2H])c([2H])n([2H])c2c1[2H].[2H]c1c(C([2H])([2H])S(=O)(=O)N([2H])C)c([2H])c2c(CCN(C)C)c([2H])n([2H])c2c1[2H]. The van der Waals surface area contributed by atoms with Crippen LogP contribution in [0.3, 0.4) is 0 Å². The smallest absolute Gasteiger partial charge is 0.215 e. The summed E-state index contributed by atoms with van der Waals surface area (Å²) >= 11 is 0. The van der Waals surface area contributed by atoms with E-state index in [0.717, 1.165) is 35.5 Å². The molecule has 0 saturated carbocycles. The Morgan fingerprint density at radius 3 is 0.817 bits per heavy atom. The van der Waals surface area contributed by atoms with Crippen LogP contribution in [-0.4, -0.2) is 275 Å². The molecule has 30 nitrogen and oxygen atoms in total. The van der Waals surface area contributed by atoms with Gasteiger partial charge in [0.2, 0.25) is 60.1 Å². The first-order chi connectivity index (χ1) is 86.5. The highest BCUT2D eigenvalue weighted by Gasteiger charge is 2.19. The van der Waals surface area contributed by atoms with Gasteiger partial charge in [-0.3, -0.25) is 0 Å². The number of likely N-dealkylation sites (N-methyl/N-ethyl adjacent to an activating group) is 6. The third-order valence-corrected chi connectivity index (χ3v) is 19.7. The predicted octanol–water partition coefficient (Wildman–Crippen LogP) is 7.93. The number of nitrogens with one attached hydrogen (secondary N) is 12. The number of aromatic nitrogens is 6. The molecule has 0 saturated heterocycles. The zero-order valence-electron chi connectivity index (χ0n) is 139. The Morgan fingerprint density at radius 1 is 0.308 bits per heavy atom. The van der Waals surface area contributed by atoms with Crippen molar-refractivity contribution in [1.29, 1.82) is 0 Å². The molecule has 120 heavy (non-hydrogen) atoms. The van der Waals surface area contributed by atoms with Crippen LogP contribution >= 0.6 is 0 Å². The van der Waals surface area contributed by atoms with Gasteiger partial charge in [0, 0.05) is 203 Å². The van der Waals surface area contributed by atoms with E-state index in [4.69, 9.17) is 103 Å². The lowest BCUT2D eigenvalue weighted by molar-refractivity contribution is 0.414. The summed E-state index contributed by atoms with van der Waals surface area (Å²) < 4.78 is 737. The highest BCUT2D eigenvalue weighted by atomic mass is 32.2. The van der Waals surface area contributed by atoms with Crippen molar-refractivity contribution in [3.63, 3.8) is 0 Å². The summed E-state index contributed by atoms with van der Waals surface area (Å²) in [6, 6.07) is -16.2. The third kappa shape index (κ3) is 31.9. The van der Waals surface area contributed by atoms with Crippen molar-refractivity contribution in [3.05, 3.63) is 213 Å². The van der Waals surface area contributed by atoms with E-state index in [-0.39, 0.29) is 117 Å². The van der Waals surface area contributed by atoms with Gasteiger partial charge in [-0.25, -0.2) is 78.8 Å². The highest BCUT2D eigenvalue weighted by Crippen LogP contribution is 2.28. The summed E-state index contributed by atoms with van der Waals surface area (Å²) in [5, 5.41) is -2.21. The molecule has 0 atom stereocenters. The van der Waals surface area contributed by atoms with Gasteiger partial charge in [-0.15, -0.1) is 0 Å². The lowest BCUT2D eigenvalue weighted by atomic mass is 10.1. The molecule has 12 rings (SSSR count). The fourth-order valence-electron chi connectivity index (χ4n) is 9.11. The lowest BCUT2D eigenvalue weighted by Crippen LogP contribution is -2.20. The number of rotatable bonds is 36. The largest absolute Gasteiger partial charge is 0.361 e. The van der Waals surface area contributed by atoms with Gasteiger partial charge in [0.1, 0.15) is 4.24 Å². The molecule has 0 bridgehead atoms. The molecular formula is C84H126N18O12S6. The van der Waals surface area contributed by atoms with Crippen LogP contribution in [0.2, 0.25) is 8.47 Å². The van der Waals surface area contributed by atoms with Gasteiger partial charge in [0.05, 0.1) is 67.1 Å². The first-order valence-electron chi connectivity index (χ1n) is 70.3.